The van der Waals surface area contributed by atoms with Crippen LogP contribution in [0, 0.1) is 13.8 Å². The van der Waals surface area contributed by atoms with Crippen LogP contribution >= 0.6 is 0 Å². The number of rotatable bonds is 1. The molecular weight excluding hydrogens is 208 g/mol. The van der Waals surface area contributed by atoms with Gasteiger partial charge in [0.2, 0.25) is 0 Å². The van der Waals surface area contributed by atoms with Gasteiger partial charge in [0.15, 0.2) is 0 Å². The Kier molecular flexibility index (Phi) is 4.06. The molecule has 94 valence electrons. The van der Waals surface area contributed by atoms with Gasteiger partial charge in [0.05, 0.1) is 0 Å². The second kappa shape index (κ2) is 5.54. The predicted octanol–water partition coefficient (Wildman–Crippen LogP) is 2.88. The highest BCUT2D eigenvalue weighted by atomic mass is 15.1. The SMILES string of the molecule is Cc1cc(C)cc(N2CCCNC(C)CC2)c1. The van der Waals surface area contributed by atoms with E-state index < -0.39 is 0 Å². The van der Waals surface area contributed by atoms with Crippen molar-refractivity contribution in [3.05, 3.63) is 29.3 Å². The van der Waals surface area contributed by atoms with Gasteiger partial charge in [-0.2, -0.15) is 0 Å². The molecule has 1 N–H and O–H groups in total. The topological polar surface area (TPSA) is 15.3 Å². The van der Waals surface area contributed by atoms with E-state index in [0.717, 1.165) is 13.1 Å². The molecule has 2 nitrogen and oxygen atoms in total. The molecule has 0 saturated carbocycles. The average Bonchev–Trinajstić information content (AvgIpc) is 2.22. The molecule has 1 aromatic carbocycles. The summed E-state index contributed by atoms with van der Waals surface area (Å²) in [5.41, 5.74) is 4.14. The molecule has 1 aliphatic rings. The number of nitrogens with zero attached hydrogens (tertiary/aromatic N) is 1. The van der Waals surface area contributed by atoms with E-state index in [9.17, 15) is 0 Å². The van der Waals surface area contributed by atoms with E-state index in [1.165, 1.54) is 36.2 Å². The lowest BCUT2D eigenvalue weighted by molar-refractivity contribution is 0.475. The fourth-order valence-corrected chi connectivity index (χ4v) is 2.57. The summed E-state index contributed by atoms with van der Waals surface area (Å²) >= 11 is 0. The Hall–Kier alpha value is -1.02. The fraction of sp³-hybridized carbons (Fsp3) is 0.600. The second-order valence-corrected chi connectivity index (χ2v) is 5.33. The van der Waals surface area contributed by atoms with Gasteiger partial charge in [-0.3, -0.25) is 0 Å². The van der Waals surface area contributed by atoms with Crippen LogP contribution in [0.3, 0.4) is 0 Å². The van der Waals surface area contributed by atoms with Crippen molar-refractivity contribution in [2.24, 2.45) is 0 Å². The first kappa shape index (κ1) is 12.4. The third kappa shape index (κ3) is 3.47. The van der Waals surface area contributed by atoms with Gasteiger partial charge in [-0.25, -0.2) is 0 Å². The predicted molar refractivity (Wildman–Crippen MR) is 74.8 cm³/mol. The van der Waals surface area contributed by atoms with E-state index in [1.54, 1.807) is 0 Å². The Balaban J connectivity index is 2.13. The minimum Gasteiger partial charge on any atom is -0.371 e. The molecular formula is C15H24N2. The molecule has 1 fully saturated rings. The molecule has 1 unspecified atom stereocenters. The third-order valence-corrected chi connectivity index (χ3v) is 3.50. The number of hydrogen-bond donors (Lipinski definition) is 1. The monoisotopic (exact) mass is 232 g/mol. The van der Waals surface area contributed by atoms with E-state index >= 15 is 0 Å². The standard InChI is InChI=1S/C15H24N2/c1-12-9-13(2)11-15(10-12)17-7-4-6-16-14(3)5-8-17/h9-11,14,16H,4-8H2,1-3H3. The Morgan fingerprint density at radius 2 is 1.82 bits per heavy atom. The van der Waals surface area contributed by atoms with Gasteiger partial charge in [-0.1, -0.05) is 6.07 Å². The Morgan fingerprint density at radius 3 is 2.53 bits per heavy atom. The molecule has 1 heterocycles. The average molecular weight is 232 g/mol. The van der Waals surface area contributed by atoms with Crippen LogP contribution in [0.25, 0.3) is 0 Å². The van der Waals surface area contributed by atoms with Crippen molar-refractivity contribution in [3.8, 4) is 0 Å². The van der Waals surface area contributed by atoms with Crippen LogP contribution in [0.2, 0.25) is 0 Å². The minimum absolute atomic E-state index is 0.642. The number of anilines is 1. The smallest absolute Gasteiger partial charge is 0.0371 e. The summed E-state index contributed by atoms with van der Waals surface area (Å²) in [6.45, 7) is 10.1. The second-order valence-electron chi connectivity index (χ2n) is 5.33. The van der Waals surface area contributed by atoms with E-state index in [1.807, 2.05) is 0 Å². The number of nitrogens with one attached hydrogen (secondary N) is 1. The van der Waals surface area contributed by atoms with Crippen molar-refractivity contribution < 1.29 is 0 Å². The fourth-order valence-electron chi connectivity index (χ4n) is 2.57. The summed E-state index contributed by atoms with van der Waals surface area (Å²) in [4.78, 5) is 2.54. The van der Waals surface area contributed by atoms with Crippen LogP contribution in [-0.2, 0) is 0 Å². The molecule has 1 atom stereocenters. The number of aryl methyl sites for hydroxylation is 2. The van der Waals surface area contributed by atoms with Gasteiger partial charge in [-0.15, -0.1) is 0 Å². The summed E-state index contributed by atoms with van der Waals surface area (Å²) in [5.74, 6) is 0. The molecule has 1 aromatic rings. The normalized spacial score (nSPS) is 22.1. The Morgan fingerprint density at radius 1 is 1.12 bits per heavy atom. The van der Waals surface area contributed by atoms with Crippen LogP contribution in [0.1, 0.15) is 30.9 Å². The Labute approximate surface area is 105 Å². The van der Waals surface area contributed by atoms with E-state index in [2.05, 4.69) is 49.2 Å². The molecule has 1 aliphatic heterocycles. The first-order valence-corrected chi connectivity index (χ1v) is 6.72. The molecule has 1 saturated heterocycles. The van der Waals surface area contributed by atoms with Gasteiger partial charge < -0.3 is 10.2 Å². The summed E-state index contributed by atoms with van der Waals surface area (Å²) in [6, 6.07) is 7.51. The van der Waals surface area contributed by atoms with E-state index in [4.69, 9.17) is 0 Å². The zero-order valence-electron chi connectivity index (χ0n) is 11.3. The molecule has 17 heavy (non-hydrogen) atoms. The first-order chi connectivity index (χ1) is 8.15. The lowest BCUT2D eigenvalue weighted by Crippen LogP contribution is -2.38. The maximum absolute atomic E-state index is 3.55. The van der Waals surface area contributed by atoms with E-state index in [0.29, 0.717) is 6.04 Å². The molecule has 2 rings (SSSR count). The molecule has 0 amide bonds. The van der Waals surface area contributed by atoms with Crippen molar-refractivity contribution in [1.29, 1.82) is 0 Å². The highest BCUT2D eigenvalue weighted by Crippen LogP contribution is 2.20. The molecule has 2 heteroatoms. The maximum Gasteiger partial charge on any atom is 0.0371 e. The van der Waals surface area contributed by atoms with Gasteiger partial charge in [0, 0.05) is 24.8 Å². The molecule has 0 spiro atoms. The molecule has 0 aliphatic carbocycles. The minimum atomic E-state index is 0.642. The highest BCUT2D eigenvalue weighted by molar-refractivity contribution is 5.51. The van der Waals surface area contributed by atoms with Crippen LogP contribution < -0.4 is 10.2 Å². The first-order valence-electron chi connectivity index (χ1n) is 6.72. The number of benzene rings is 1. The van der Waals surface area contributed by atoms with Crippen molar-refractivity contribution in [3.63, 3.8) is 0 Å². The summed E-state index contributed by atoms with van der Waals surface area (Å²) in [7, 11) is 0. The summed E-state index contributed by atoms with van der Waals surface area (Å²) in [6.07, 6.45) is 2.46. The van der Waals surface area contributed by atoms with Crippen molar-refractivity contribution in [1.82, 2.24) is 5.32 Å². The molecule has 0 bridgehead atoms. The number of hydrogen-bond acceptors (Lipinski definition) is 2. The van der Waals surface area contributed by atoms with Crippen LogP contribution in [0.4, 0.5) is 5.69 Å². The van der Waals surface area contributed by atoms with E-state index in [-0.39, 0.29) is 0 Å². The maximum atomic E-state index is 3.55. The zero-order chi connectivity index (χ0) is 12.3. The third-order valence-electron chi connectivity index (χ3n) is 3.50. The van der Waals surface area contributed by atoms with Crippen LogP contribution in [-0.4, -0.2) is 25.7 Å². The Bertz CT molecular complexity index is 353. The van der Waals surface area contributed by atoms with Gasteiger partial charge in [0.25, 0.3) is 0 Å². The highest BCUT2D eigenvalue weighted by Gasteiger charge is 2.12. The largest absolute Gasteiger partial charge is 0.371 e. The molecule has 0 aromatic heterocycles. The lowest BCUT2D eigenvalue weighted by atomic mass is 10.1. The van der Waals surface area contributed by atoms with Crippen LogP contribution in [0.5, 0.6) is 0 Å². The lowest BCUT2D eigenvalue weighted by Gasteiger charge is -2.30. The van der Waals surface area contributed by atoms with Crippen molar-refractivity contribution >= 4 is 5.69 Å². The summed E-state index contributed by atoms with van der Waals surface area (Å²) in [5, 5.41) is 3.55. The van der Waals surface area contributed by atoms with Gasteiger partial charge in [-0.05, 0) is 63.4 Å². The summed E-state index contributed by atoms with van der Waals surface area (Å²) < 4.78 is 0. The van der Waals surface area contributed by atoms with Crippen molar-refractivity contribution in [2.45, 2.75) is 39.7 Å². The quantitative estimate of drug-likeness (QED) is 0.801. The van der Waals surface area contributed by atoms with Crippen LogP contribution in [0.15, 0.2) is 18.2 Å². The van der Waals surface area contributed by atoms with Crippen molar-refractivity contribution in [2.75, 3.05) is 24.5 Å². The van der Waals surface area contributed by atoms with Gasteiger partial charge in [0.1, 0.15) is 0 Å². The van der Waals surface area contributed by atoms with Gasteiger partial charge >= 0.3 is 0 Å². The molecule has 0 radical (unpaired) electrons. The zero-order valence-corrected chi connectivity index (χ0v) is 11.3.